The smallest absolute Gasteiger partial charge is 0.248 e. The van der Waals surface area contributed by atoms with Crippen LogP contribution in [0.1, 0.15) is 132 Å². The number of carbonyl (C=O) groups excluding carboxylic acids is 2. The molecule has 3 atom stereocenters. The van der Waals surface area contributed by atoms with Crippen LogP contribution in [0.15, 0.2) is 16.4 Å². The second kappa shape index (κ2) is 14.1. The topological polar surface area (TPSA) is 92.8 Å². The molecule has 0 bridgehead atoms. The van der Waals surface area contributed by atoms with Gasteiger partial charge in [0.1, 0.15) is 6.04 Å². The van der Waals surface area contributed by atoms with Crippen LogP contribution < -0.4 is 0 Å². The van der Waals surface area contributed by atoms with Crippen molar-refractivity contribution in [1.82, 2.24) is 19.9 Å². The quantitative estimate of drug-likeness (QED) is 0.293. The van der Waals surface area contributed by atoms with Gasteiger partial charge in [-0.1, -0.05) is 60.1 Å². The van der Waals surface area contributed by atoms with Crippen LogP contribution in [-0.2, 0) is 9.59 Å². The van der Waals surface area contributed by atoms with Crippen molar-refractivity contribution in [2.75, 3.05) is 6.54 Å². The molecule has 0 aromatic carbocycles. The SMILES string of the molecule is CC.CC(=O)[C@@H]1CC(C)CN1C(=O)[C@@H](n1cc(C2CC2)nn1)C(C)(C)C.CC/C(C)=N/N=C(\C)C1CCC1. The molecule has 1 aromatic rings. The average molecular weight is 529 g/mol. The average Bonchev–Trinajstić information content (AvgIpc) is 3.43. The first-order chi connectivity index (χ1) is 17.9. The molecule has 1 amide bonds. The van der Waals surface area contributed by atoms with Gasteiger partial charge in [0.2, 0.25) is 5.91 Å². The van der Waals surface area contributed by atoms with Crippen LogP contribution in [-0.4, -0.2) is 55.6 Å². The molecule has 2 heterocycles. The Morgan fingerprint density at radius 1 is 1.08 bits per heavy atom. The highest BCUT2D eigenvalue weighted by atomic mass is 16.2. The summed E-state index contributed by atoms with van der Waals surface area (Å²) in [6.45, 7) is 20.6. The lowest BCUT2D eigenvalue weighted by Gasteiger charge is -2.34. The van der Waals surface area contributed by atoms with E-state index in [0.29, 0.717) is 18.4 Å². The minimum atomic E-state index is -0.440. The first-order valence-corrected chi connectivity index (χ1v) is 14.7. The highest BCUT2D eigenvalue weighted by molar-refractivity contribution is 5.90. The number of carbonyl (C=O) groups is 2. The second-order valence-electron chi connectivity index (χ2n) is 12.2. The highest BCUT2D eigenvalue weighted by Crippen LogP contribution is 2.40. The van der Waals surface area contributed by atoms with Crippen molar-refractivity contribution >= 4 is 23.1 Å². The Kier molecular flexibility index (Phi) is 11.8. The predicted molar refractivity (Wildman–Crippen MR) is 156 cm³/mol. The van der Waals surface area contributed by atoms with Gasteiger partial charge in [-0.2, -0.15) is 10.2 Å². The molecule has 8 nitrogen and oxygen atoms in total. The standard InChI is InChI=1S/C18H28N4O2.C10H18N2.C2H6/c1-11-8-15(12(2)23)21(9-11)17(24)16(18(3,4)5)22-10-14(19-20-22)13-6-7-13;1-4-8(2)11-12-9(3)10-6-5-7-10;1-2/h10-11,13,15-16H,6-9H2,1-5H3;10H,4-7H2,1-3H3;1-2H3/b;11-8+,12-9+;/t11?,15-,16+;;/m0../s1. The first kappa shape index (κ1) is 31.8. The van der Waals surface area contributed by atoms with Crippen LogP contribution in [0, 0.1) is 17.3 Å². The summed E-state index contributed by atoms with van der Waals surface area (Å²) >= 11 is 0. The maximum absolute atomic E-state index is 13.3. The Bertz CT molecular complexity index is 981. The number of Topliss-reactive ketones (excluding diaryl/α,β-unsaturated/α-hetero) is 1. The van der Waals surface area contributed by atoms with Crippen molar-refractivity contribution in [1.29, 1.82) is 0 Å². The fraction of sp³-hybridized carbons (Fsp3) is 0.800. The molecule has 0 spiro atoms. The van der Waals surface area contributed by atoms with E-state index in [4.69, 9.17) is 0 Å². The molecule has 3 aliphatic rings. The summed E-state index contributed by atoms with van der Waals surface area (Å²) < 4.78 is 1.72. The Morgan fingerprint density at radius 2 is 1.71 bits per heavy atom. The number of ketones is 1. The minimum absolute atomic E-state index is 0.0145. The molecule has 3 fully saturated rings. The van der Waals surface area contributed by atoms with Crippen molar-refractivity contribution in [3.05, 3.63) is 11.9 Å². The van der Waals surface area contributed by atoms with Crippen LogP contribution in [0.4, 0.5) is 0 Å². The Morgan fingerprint density at radius 3 is 2.18 bits per heavy atom. The molecular formula is C30H52N6O2. The van der Waals surface area contributed by atoms with Crippen LogP contribution in [0.25, 0.3) is 0 Å². The number of likely N-dealkylation sites (tertiary alicyclic amines) is 1. The number of aromatic nitrogens is 3. The van der Waals surface area contributed by atoms with Crippen molar-refractivity contribution in [2.45, 2.75) is 132 Å². The molecule has 1 aliphatic heterocycles. The molecule has 8 heteroatoms. The van der Waals surface area contributed by atoms with Crippen molar-refractivity contribution in [2.24, 2.45) is 27.5 Å². The maximum Gasteiger partial charge on any atom is 0.248 e. The van der Waals surface area contributed by atoms with Crippen LogP contribution in [0.3, 0.4) is 0 Å². The van der Waals surface area contributed by atoms with E-state index in [0.717, 1.165) is 43.0 Å². The third kappa shape index (κ3) is 8.57. The lowest BCUT2D eigenvalue weighted by atomic mass is 9.82. The molecule has 0 N–H and O–H groups in total. The molecule has 214 valence electrons. The van der Waals surface area contributed by atoms with Crippen molar-refractivity contribution in [3.63, 3.8) is 0 Å². The summed E-state index contributed by atoms with van der Waals surface area (Å²) in [5.74, 6) is 1.64. The Labute approximate surface area is 230 Å². The normalized spacial score (nSPS) is 23.1. The molecule has 1 unspecified atom stereocenters. The summed E-state index contributed by atoms with van der Waals surface area (Å²) in [6.07, 6.45) is 9.99. The summed E-state index contributed by atoms with van der Waals surface area (Å²) in [5.41, 5.74) is 3.01. The molecule has 38 heavy (non-hydrogen) atoms. The van der Waals surface area contributed by atoms with Gasteiger partial charge >= 0.3 is 0 Å². The summed E-state index contributed by atoms with van der Waals surface area (Å²) in [6, 6.07) is -0.742. The van der Waals surface area contributed by atoms with E-state index in [-0.39, 0.29) is 23.1 Å². The Balaban J connectivity index is 0.000000305. The molecule has 0 radical (unpaired) electrons. The molecule has 2 saturated carbocycles. The fourth-order valence-electron chi connectivity index (χ4n) is 4.84. The molecule has 1 saturated heterocycles. The Hall–Kier alpha value is -2.38. The second-order valence-corrected chi connectivity index (χ2v) is 12.2. The van der Waals surface area contributed by atoms with Gasteiger partial charge in [-0.05, 0) is 76.5 Å². The van der Waals surface area contributed by atoms with Crippen molar-refractivity contribution in [3.8, 4) is 0 Å². The number of amides is 1. The molecule has 2 aliphatic carbocycles. The van der Waals surface area contributed by atoms with Gasteiger partial charge in [0.05, 0.1) is 11.7 Å². The summed E-state index contributed by atoms with van der Waals surface area (Å²) in [7, 11) is 0. The van der Waals surface area contributed by atoms with E-state index in [1.54, 1.807) is 16.5 Å². The number of hydrogen-bond donors (Lipinski definition) is 0. The van der Waals surface area contributed by atoms with E-state index in [1.165, 1.54) is 25.0 Å². The zero-order valence-corrected chi connectivity index (χ0v) is 25.6. The van der Waals surface area contributed by atoms with Crippen LogP contribution in [0.5, 0.6) is 0 Å². The zero-order valence-electron chi connectivity index (χ0n) is 25.6. The van der Waals surface area contributed by atoms with Gasteiger partial charge in [0, 0.05) is 30.1 Å². The first-order valence-electron chi connectivity index (χ1n) is 14.7. The molecule has 1 aromatic heterocycles. The number of hydrogen-bond acceptors (Lipinski definition) is 6. The predicted octanol–water partition coefficient (Wildman–Crippen LogP) is 6.63. The zero-order chi connectivity index (χ0) is 28.6. The lowest BCUT2D eigenvalue weighted by Crippen LogP contribution is -2.47. The van der Waals surface area contributed by atoms with Gasteiger partial charge in [0.15, 0.2) is 5.78 Å². The number of nitrogens with zero attached hydrogens (tertiary/aromatic N) is 6. The van der Waals surface area contributed by atoms with Gasteiger partial charge in [-0.15, -0.1) is 5.10 Å². The number of rotatable bonds is 7. The van der Waals surface area contributed by atoms with Crippen LogP contribution in [0.2, 0.25) is 0 Å². The monoisotopic (exact) mass is 528 g/mol. The minimum Gasteiger partial charge on any atom is -0.331 e. The summed E-state index contributed by atoms with van der Waals surface area (Å²) in [4.78, 5) is 27.1. The van der Waals surface area contributed by atoms with E-state index in [9.17, 15) is 9.59 Å². The maximum atomic E-state index is 13.3. The highest BCUT2D eigenvalue weighted by Gasteiger charge is 2.43. The van der Waals surface area contributed by atoms with Gasteiger partial charge < -0.3 is 4.90 Å². The third-order valence-electron chi connectivity index (χ3n) is 7.69. The molecule has 4 rings (SSSR count). The van der Waals surface area contributed by atoms with E-state index >= 15 is 0 Å². The molecular weight excluding hydrogens is 476 g/mol. The van der Waals surface area contributed by atoms with Gasteiger partial charge in [0.25, 0.3) is 0 Å². The lowest BCUT2D eigenvalue weighted by molar-refractivity contribution is -0.143. The van der Waals surface area contributed by atoms with Gasteiger partial charge in [-0.3, -0.25) is 9.59 Å². The largest absolute Gasteiger partial charge is 0.331 e. The van der Waals surface area contributed by atoms with E-state index in [1.807, 2.05) is 47.7 Å². The van der Waals surface area contributed by atoms with Gasteiger partial charge in [-0.25, -0.2) is 4.68 Å². The summed E-state index contributed by atoms with van der Waals surface area (Å²) in [5, 5.41) is 16.9. The fourth-order valence-corrected chi connectivity index (χ4v) is 4.84. The van der Waals surface area contributed by atoms with Crippen molar-refractivity contribution < 1.29 is 9.59 Å². The van der Waals surface area contributed by atoms with E-state index < -0.39 is 6.04 Å². The van der Waals surface area contributed by atoms with E-state index in [2.05, 4.69) is 41.3 Å². The van der Waals surface area contributed by atoms with Crippen LogP contribution >= 0.6 is 0 Å². The third-order valence-corrected chi connectivity index (χ3v) is 7.69.